The summed E-state index contributed by atoms with van der Waals surface area (Å²) in [4.78, 5) is 0. The molecule has 0 aliphatic heterocycles. The molecule has 0 heterocycles. The Labute approximate surface area is 94.6 Å². The van der Waals surface area contributed by atoms with Gasteiger partial charge in [0.25, 0.3) is 0 Å². The number of rotatable bonds is 3. The van der Waals surface area contributed by atoms with Crippen LogP contribution in [-0.2, 0) is 0 Å². The van der Waals surface area contributed by atoms with Crippen molar-refractivity contribution in [1.29, 1.82) is 10.5 Å². The van der Waals surface area contributed by atoms with E-state index >= 15 is 0 Å². The van der Waals surface area contributed by atoms with Gasteiger partial charge in [-0.3, -0.25) is 0 Å². The molecule has 0 atom stereocenters. The van der Waals surface area contributed by atoms with E-state index in [4.69, 9.17) is 20.0 Å². The van der Waals surface area contributed by atoms with Gasteiger partial charge in [0.2, 0.25) is 0 Å². The zero-order valence-electron chi connectivity index (χ0n) is 9.44. The van der Waals surface area contributed by atoms with Crippen molar-refractivity contribution in [2.75, 3.05) is 7.11 Å². The predicted molar refractivity (Wildman–Crippen MR) is 58.0 cm³/mol. The van der Waals surface area contributed by atoms with Crippen LogP contribution in [0.2, 0.25) is 0 Å². The van der Waals surface area contributed by atoms with Gasteiger partial charge in [-0.15, -0.1) is 0 Å². The second-order valence-corrected chi connectivity index (χ2v) is 3.70. The van der Waals surface area contributed by atoms with Crippen molar-refractivity contribution < 1.29 is 9.47 Å². The quantitative estimate of drug-likeness (QED) is 0.777. The normalized spacial score (nSPS) is 10.1. The van der Waals surface area contributed by atoms with Gasteiger partial charge in [0, 0.05) is 6.07 Å². The highest BCUT2D eigenvalue weighted by atomic mass is 16.5. The Morgan fingerprint density at radius 1 is 1.19 bits per heavy atom. The third-order valence-electron chi connectivity index (χ3n) is 1.93. The Bertz CT molecular complexity index is 467. The average Bonchev–Trinajstić information content (AvgIpc) is 2.29. The van der Waals surface area contributed by atoms with Crippen LogP contribution < -0.4 is 9.47 Å². The Kier molecular flexibility index (Phi) is 3.37. The van der Waals surface area contributed by atoms with Crippen LogP contribution >= 0.6 is 0 Å². The van der Waals surface area contributed by atoms with Crippen LogP contribution in [-0.4, -0.2) is 12.7 Å². The van der Waals surface area contributed by atoms with Gasteiger partial charge in [0.1, 0.15) is 6.07 Å². The molecule has 1 aromatic carbocycles. The first-order valence-electron chi connectivity index (χ1n) is 4.71. The molecule has 0 spiro atoms. The molecule has 0 saturated carbocycles. The summed E-state index contributed by atoms with van der Waals surface area (Å²) in [6.45, 7) is 3.31. The number of nitriles is 2. The number of benzene rings is 1. The van der Waals surface area contributed by atoms with Gasteiger partial charge in [-0.1, -0.05) is 0 Å². The van der Waals surface area contributed by atoms with Crippen molar-refractivity contribution in [2.45, 2.75) is 19.4 Å². The summed E-state index contributed by atoms with van der Waals surface area (Å²) in [6, 6.07) is 8.84. The van der Waals surface area contributed by atoms with E-state index in [9.17, 15) is 0 Å². The van der Waals surface area contributed by atoms with E-state index in [1.54, 1.807) is 32.0 Å². The molecule has 0 saturated heterocycles. The smallest absolute Gasteiger partial charge is 0.188 e. The summed E-state index contributed by atoms with van der Waals surface area (Å²) in [5, 5.41) is 17.6. The molecule has 16 heavy (non-hydrogen) atoms. The lowest BCUT2D eigenvalue weighted by molar-refractivity contribution is 0.163. The first-order valence-corrected chi connectivity index (χ1v) is 4.71. The van der Waals surface area contributed by atoms with Crippen LogP contribution in [0.25, 0.3) is 0 Å². The summed E-state index contributed by atoms with van der Waals surface area (Å²) in [5.74, 6) is 0.899. The van der Waals surface area contributed by atoms with Gasteiger partial charge in [-0.2, -0.15) is 10.5 Å². The maximum atomic E-state index is 8.85. The van der Waals surface area contributed by atoms with Crippen molar-refractivity contribution in [3.8, 4) is 23.6 Å². The molecular weight excluding hydrogens is 204 g/mol. The van der Waals surface area contributed by atoms with E-state index in [1.165, 1.54) is 7.11 Å². The number of ether oxygens (including phenoxy) is 2. The summed E-state index contributed by atoms with van der Waals surface area (Å²) >= 11 is 0. The highest BCUT2D eigenvalue weighted by Crippen LogP contribution is 2.30. The van der Waals surface area contributed by atoms with E-state index < -0.39 is 5.60 Å². The largest absolute Gasteiger partial charge is 0.493 e. The number of nitrogens with zero attached hydrogens (tertiary/aromatic N) is 2. The SMILES string of the molecule is COc1cc(C#N)ccc1OC(C)(C)C#N. The van der Waals surface area contributed by atoms with E-state index in [-0.39, 0.29) is 0 Å². The Hall–Kier alpha value is -2.20. The zero-order valence-corrected chi connectivity index (χ0v) is 9.44. The third-order valence-corrected chi connectivity index (χ3v) is 1.93. The number of methoxy groups -OCH3 is 1. The van der Waals surface area contributed by atoms with Crippen LogP contribution in [0.1, 0.15) is 19.4 Å². The molecule has 0 aliphatic carbocycles. The van der Waals surface area contributed by atoms with Gasteiger partial charge < -0.3 is 9.47 Å². The van der Waals surface area contributed by atoms with Crippen LogP contribution in [0.4, 0.5) is 0 Å². The van der Waals surface area contributed by atoms with Crippen LogP contribution in [0.5, 0.6) is 11.5 Å². The van der Waals surface area contributed by atoms with E-state index in [0.29, 0.717) is 17.1 Å². The van der Waals surface area contributed by atoms with E-state index in [0.717, 1.165) is 0 Å². The molecular formula is C12H12N2O2. The lowest BCUT2D eigenvalue weighted by Gasteiger charge is -2.19. The molecule has 0 unspecified atom stereocenters. The molecule has 82 valence electrons. The van der Waals surface area contributed by atoms with E-state index in [1.807, 2.05) is 12.1 Å². The van der Waals surface area contributed by atoms with Crippen molar-refractivity contribution >= 4 is 0 Å². The fourth-order valence-corrected chi connectivity index (χ4v) is 1.12. The van der Waals surface area contributed by atoms with Crippen molar-refractivity contribution in [3.05, 3.63) is 23.8 Å². The fraction of sp³-hybridized carbons (Fsp3) is 0.333. The fourth-order valence-electron chi connectivity index (χ4n) is 1.12. The first kappa shape index (κ1) is 11.9. The van der Waals surface area contributed by atoms with Crippen LogP contribution in [0.3, 0.4) is 0 Å². The highest BCUT2D eigenvalue weighted by Gasteiger charge is 2.20. The Morgan fingerprint density at radius 2 is 1.88 bits per heavy atom. The van der Waals surface area contributed by atoms with Crippen LogP contribution in [0.15, 0.2) is 18.2 Å². The molecule has 4 heteroatoms. The van der Waals surface area contributed by atoms with Gasteiger partial charge in [0.15, 0.2) is 17.1 Å². The standard InChI is InChI=1S/C12H12N2O2/c1-12(2,8-14)16-10-5-4-9(7-13)6-11(10)15-3/h4-6H,1-3H3. The average molecular weight is 216 g/mol. The predicted octanol–water partition coefficient (Wildman–Crippen LogP) is 2.25. The van der Waals surface area contributed by atoms with Gasteiger partial charge >= 0.3 is 0 Å². The lowest BCUT2D eigenvalue weighted by atomic mass is 10.1. The van der Waals surface area contributed by atoms with Crippen molar-refractivity contribution in [3.63, 3.8) is 0 Å². The molecule has 0 bridgehead atoms. The topological polar surface area (TPSA) is 66.0 Å². The molecule has 1 aromatic rings. The summed E-state index contributed by atoms with van der Waals surface area (Å²) in [6.07, 6.45) is 0. The second kappa shape index (κ2) is 4.55. The van der Waals surface area contributed by atoms with Crippen LogP contribution in [0, 0.1) is 22.7 Å². The lowest BCUT2D eigenvalue weighted by Crippen LogP contribution is -2.25. The third kappa shape index (κ3) is 2.65. The summed E-state index contributed by atoms with van der Waals surface area (Å²) < 4.78 is 10.6. The maximum absolute atomic E-state index is 8.85. The monoisotopic (exact) mass is 216 g/mol. The molecule has 0 aromatic heterocycles. The molecule has 0 amide bonds. The highest BCUT2D eigenvalue weighted by molar-refractivity contribution is 5.47. The molecule has 4 nitrogen and oxygen atoms in total. The summed E-state index contributed by atoms with van der Waals surface area (Å²) in [7, 11) is 1.49. The minimum absolute atomic E-state index is 0.447. The minimum Gasteiger partial charge on any atom is -0.493 e. The molecule has 0 fully saturated rings. The molecule has 0 N–H and O–H groups in total. The Balaban J connectivity index is 3.07. The summed E-state index contributed by atoms with van der Waals surface area (Å²) in [5.41, 5.74) is -0.444. The molecule has 0 radical (unpaired) electrons. The first-order chi connectivity index (χ1) is 7.52. The second-order valence-electron chi connectivity index (χ2n) is 3.70. The van der Waals surface area contributed by atoms with E-state index in [2.05, 4.69) is 0 Å². The Morgan fingerprint density at radius 3 is 2.38 bits per heavy atom. The maximum Gasteiger partial charge on any atom is 0.188 e. The molecule has 0 aliphatic rings. The minimum atomic E-state index is -0.929. The van der Waals surface area contributed by atoms with Gasteiger partial charge in [0.05, 0.1) is 18.7 Å². The van der Waals surface area contributed by atoms with Gasteiger partial charge in [-0.05, 0) is 26.0 Å². The number of hydrogen-bond donors (Lipinski definition) is 0. The number of hydrogen-bond acceptors (Lipinski definition) is 4. The van der Waals surface area contributed by atoms with Crippen molar-refractivity contribution in [2.24, 2.45) is 0 Å². The van der Waals surface area contributed by atoms with Gasteiger partial charge in [-0.25, -0.2) is 0 Å². The molecule has 1 rings (SSSR count). The van der Waals surface area contributed by atoms with Crippen molar-refractivity contribution in [1.82, 2.24) is 0 Å². The zero-order chi connectivity index (χ0) is 12.2.